The number of piperidine rings is 1. The number of benzene rings is 2. The summed E-state index contributed by atoms with van der Waals surface area (Å²) in [6.45, 7) is 1.57. The van der Waals surface area contributed by atoms with Crippen molar-refractivity contribution in [2.75, 3.05) is 20.2 Å². The maximum atomic E-state index is 14.5. The van der Waals surface area contributed by atoms with Gasteiger partial charge >= 0.3 is 0 Å². The standard InChI is InChI=1S/C23H21FN2O2S2/c1-28-13-15-20-16(24)7-4-10-19(20)29-21(15)23(27)26-11-5-6-14(12-26)22-25-17-8-2-3-9-18(17)30-22/h2-4,7-10,14H,5-6,11-13H2,1H3/t14-/m0/s1. The van der Waals surface area contributed by atoms with Gasteiger partial charge in [0.15, 0.2) is 0 Å². The number of halogens is 1. The molecule has 1 aliphatic heterocycles. The first-order chi connectivity index (χ1) is 14.7. The molecule has 4 aromatic rings. The van der Waals surface area contributed by atoms with Crippen molar-refractivity contribution in [3.63, 3.8) is 0 Å². The summed E-state index contributed by atoms with van der Waals surface area (Å²) in [4.78, 5) is 20.8. The molecule has 0 bridgehead atoms. The van der Waals surface area contributed by atoms with Crippen molar-refractivity contribution < 1.29 is 13.9 Å². The van der Waals surface area contributed by atoms with Gasteiger partial charge in [-0.1, -0.05) is 18.2 Å². The third-order valence-corrected chi connectivity index (χ3v) is 8.00. The van der Waals surface area contributed by atoms with Crippen LogP contribution in [0.4, 0.5) is 4.39 Å². The van der Waals surface area contributed by atoms with E-state index < -0.39 is 0 Å². The van der Waals surface area contributed by atoms with Gasteiger partial charge in [-0.05, 0) is 37.1 Å². The third kappa shape index (κ3) is 3.41. The highest BCUT2D eigenvalue weighted by Gasteiger charge is 2.30. The van der Waals surface area contributed by atoms with Gasteiger partial charge in [0.05, 0.1) is 26.7 Å². The lowest BCUT2D eigenvalue weighted by Gasteiger charge is -2.31. The Balaban J connectivity index is 1.46. The molecule has 1 amide bonds. The number of aromatic nitrogens is 1. The SMILES string of the molecule is COCc1c(C(=O)N2CCC[C@H](c3nc4ccccc4s3)C2)sc2cccc(F)c12. The van der Waals surface area contributed by atoms with Crippen LogP contribution in [0.15, 0.2) is 42.5 Å². The Labute approximate surface area is 181 Å². The van der Waals surface area contributed by atoms with E-state index in [-0.39, 0.29) is 24.2 Å². The Morgan fingerprint density at radius 1 is 1.20 bits per heavy atom. The van der Waals surface area contributed by atoms with Gasteiger partial charge in [-0.3, -0.25) is 4.79 Å². The minimum Gasteiger partial charge on any atom is -0.380 e. The van der Waals surface area contributed by atoms with Gasteiger partial charge in [0.25, 0.3) is 5.91 Å². The van der Waals surface area contributed by atoms with Crippen LogP contribution in [-0.2, 0) is 11.3 Å². The van der Waals surface area contributed by atoms with E-state index in [0.29, 0.717) is 28.9 Å². The van der Waals surface area contributed by atoms with Gasteiger partial charge in [-0.15, -0.1) is 22.7 Å². The van der Waals surface area contributed by atoms with E-state index in [0.717, 1.165) is 28.1 Å². The predicted octanol–water partition coefficient (Wildman–Crippen LogP) is 5.82. The number of carbonyl (C=O) groups is 1. The molecule has 0 saturated carbocycles. The van der Waals surface area contributed by atoms with E-state index in [1.54, 1.807) is 24.5 Å². The molecule has 1 aliphatic rings. The smallest absolute Gasteiger partial charge is 0.264 e. The molecule has 0 spiro atoms. The number of nitrogens with zero attached hydrogens (tertiary/aromatic N) is 2. The van der Waals surface area contributed by atoms with Crippen molar-refractivity contribution in [2.45, 2.75) is 25.4 Å². The molecule has 4 nitrogen and oxygen atoms in total. The molecule has 0 unspecified atom stereocenters. The number of para-hydroxylation sites is 1. The molecule has 1 saturated heterocycles. The van der Waals surface area contributed by atoms with E-state index in [1.807, 2.05) is 29.2 Å². The third-order valence-electron chi connectivity index (χ3n) is 5.61. The van der Waals surface area contributed by atoms with Gasteiger partial charge in [0, 0.05) is 41.8 Å². The van der Waals surface area contributed by atoms with E-state index in [2.05, 4.69) is 6.07 Å². The zero-order valence-electron chi connectivity index (χ0n) is 16.6. The van der Waals surface area contributed by atoms with E-state index in [4.69, 9.17) is 9.72 Å². The lowest BCUT2D eigenvalue weighted by molar-refractivity contribution is 0.0708. The Bertz CT molecular complexity index is 1200. The van der Waals surface area contributed by atoms with E-state index in [1.165, 1.54) is 22.1 Å². The molecule has 0 N–H and O–H groups in total. The number of hydrogen-bond acceptors (Lipinski definition) is 5. The number of amides is 1. The van der Waals surface area contributed by atoms with Crippen molar-refractivity contribution in [3.8, 4) is 0 Å². The molecular weight excluding hydrogens is 419 g/mol. The number of ether oxygens (including phenoxy) is 1. The molecule has 1 atom stereocenters. The van der Waals surface area contributed by atoms with Crippen molar-refractivity contribution in [1.82, 2.24) is 9.88 Å². The number of thiophene rings is 1. The van der Waals surface area contributed by atoms with Gasteiger partial charge in [0.2, 0.25) is 0 Å². The summed E-state index contributed by atoms with van der Waals surface area (Å²) in [5, 5.41) is 1.60. The first-order valence-electron chi connectivity index (χ1n) is 9.99. The monoisotopic (exact) mass is 440 g/mol. The molecule has 7 heteroatoms. The molecule has 0 aliphatic carbocycles. The number of hydrogen-bond donors (Lipinski definition) is 0. The van der Waals surface area contributed by atoms with Crippen LogP contribution in [0, 0.1) is 5.82 Å². The summed E-state index contributed by atoms with van der Waals surface area (Å²) in [7, 11) is 1.57. The fourth-order valence-corrected chi connectivity index (χ4v) is 6.48. The lowest BCUT2D eigenvalue weighted by Crippen LogP contribution is -2.39. The number of rotatable bonds is 4. The van der Waals surface area contributed by atoms with Gasteiger partial charge < -0.3 is 9.64 Å². The summed E-state index contributed by atoms with van der Waals surface area (Å²) in [6, 6.07) is 13.1. The maximum absolute atomic E-state index is 14.5. The van der Waals surface area contributed by atoms with Gasteiger partial charge in [0.1, 0.15) is 5.82 Å². The molecule has 5 rings (SSSR count). The van der Waals surface area contributed by atoms with E-state index >= 15 is 0 Å². The van der Waals surface area contributed by atoms with Crippen LogP contribution >= 0.6 is 22.7 Å². The zero-order chi connectivity index (χ0) is 20.7. The maximum Gasteiger partial charge on any atom is 0.264 e. The first kappa shape index (κ1) is 19.6. The minimum atomic E-state index is -0.305. The van der Waals surface area contributed by atoms with Crippen LogP contribution in [0.25, 0.3) is 20.3 Å². The largest absolute Gasteiger partial charge is 0.380 e. The summed E-state index contributed by atoms with van der Waals surface area (Å²) >= 11 is 3.07. The molecule has 2 aromatic heterocycles. The first-order valence-corrected chi connectivity index (χ1v) is 11.6. The molecule has 0 radical (unpaired) electrons. The molecule has 3 heterocycles. The van der Waals surface area contributed by atoms with Crippen molar-refractivity contribution in [2.24, 2.45) is 0 Å². The summed E-state index contributed by atoms with van der Waals surface area (Å²) in [5.74, 6) is -0.105. The highest BCUT2D eigenvalue weighted by Crippen LogP contribution is 2.37. The fraction of sp³-hybridized carbons (Fsp3) is 0.304. The van der Waals surface area contributed by atoms with Crippen LogP contribution in [0.3, 0.4) is 0 Å². The zero-order valence-corrected chi connectivity index (χ0v) is 18.2. The second kappa shape index (κ2) is 8.06. The highest BCUT2D eigenvalue weighted by molar-refractivity contribution is 7.21. The van der Waals surface area contributed by atoms with Crippen LogP contribution in [0.1, 0.15) is 39.0 Å². The Morgan fingerprint density at radius 3 is 2.87 bits per heavy atom. The number of likely N-dealkylation sites (tertiary alicyclic amines) is 1. The Kier molecular flexibility index (Phi) is 5.26. The average Bonchev–Trinajstić information content (AvgIpc) is 3.36. The van der Waals surface area contributed by atoms with Crippen molar-refractivity contribution in [1.29, 1.82) is 0 Å². The summed E-state index contributed by atoms with van der Waals surface area (Å²) in [6.07, 6.45) is 1.96. The number of thiazole rings is 1. The highest BCUT2D eigenvalue weighted by atomic mass is 32.1. The fourth-order valence-electron chi connectivity index (χ4n) is 4.19. The van der Waals surface area contributed by atoms with Crippen LogP contribution in [0.2, 0.25) is 0 Å². The quantitative estimate of drug-likeness (QED) is 0.402. The van der Waals surface area contributed by atoms with Gasteiger partial charge in [-0.25, -0.2) is 9.37 Å². The normalized spacial score (nSPS) is 17.1. The van der Waals surface area contributed by atoms with E-state index in [9.17, 15) is 9.18 Å². The second-order valence-corrected chi connectivity index (χ2v) is 9.68. The Hall–Kier alpha value is -2.35. The van der Waals surface area contributed by atoms with Crippen LogP contribution < -0.4 is 0 Å². The molecule has 1 fully saturated rings. The molecule has 30 heavy (non-hydrogen) atoms. The van der Waals surface area contributed by atoms with Crippen molar-refractivity contribution in [3.05, 3.63) is 63.7 Å². The minimum absolute atomic E-state index is 0.0338. The molecule has 2 aromatic carbocycles. The molecule has 154 valence electrons. The average molecular weight is 441 g/mol. The summed E-state index contributed by atoms with van der Waals surface area (Å²) < 4.78 is 21.8. The van der Waals surface area contributed by atoms with Crippen molar-refractivity contribution >= 4 is 48.9 Å². The summed E-state index contributed by atoms with van der Waals surface area (Å²) in [5.41, 5.74) is 1.67. The Morgan fingerprint density at radius 2 is 2.03 bits per heavy atom. The predicted molar refractivity (Wildman–Crippen MR) is 120 cm³/mol. The topological polar surface area (TPSA) is 42.4 Å². The van der Waals surface area contributed by atoms with Crippen LogP contribution in [-0.4, -0.2) is 36.0 Å². The number of methoxy groups -OCH3 is 1. The van der Waals surface area contributed by atoms with Crippen LogP contribution in [0.5, 0.6) is 0 Å². The second-order valence-electron chi connectivity index (χ2n) is 7.57. The molecular formula is C23H21FN2O2S2. The number of carbonyl (C=O) groups excluding carboxylic acids is 1. The lowest BCUT2D eigenvalue weighted by atomic mass is 9.98. The number of fused-ring (bicyclic) bond motifs is 2. The van der Waals surface area contributed by atoms with Gasteiger partial charge in [-0.2, -0.15) is 0 Å².